The van der Waals surface area contributed by atoms with E-state index in [2.05, 4.69) is 20.0 Å². The number of halogens is 1. The van der Waals surface area contributed by atoms with Gasteiger partial charge in [-0.2, -0.15) is 4.98 Å². The third-order valence-electron chi connectivity index (χ3n) is 4.51. The van der Waals surface area contributed by atoms with Crippen molar-refractivity contribution < 1.29 is 8.91 Å². The molecule has 0 aliphatic carbocycles. The summed E-state index contributed by atoms with van der Waals surface area (Å²) in [7, 11) is 0. The first kappa shape index (κ1) is 15.0. The monoisotopic (exact) mass is 324 g/mol. The molecule has 0 fully saturated rings. The first-order valence-electron chi connectivity index (χ1n) is 7.96. The van der Waals surface area contributed by atoms with Crippen LogP contribution in [0.3, 0.4) is 0 Å². The Bertz CT molecular complexity index is 849. The van der Waals surface area contributed by atoms with Crippen molar-refractivity contribution in [3.8, 4) is 11.4 Å². The zero-order chi connectivity index (χ0) is 16.5. The number of benzene rings is 1. The second-order valence-corrected chi connectivity index (χ2v) is 5.97. The highest BCUT2D eigenvalue weighted by atomic mass is 19.1. The largest absolute Gasteiger partial charge is 0.337 e. The molecule has 0 spiro atoms. The molecule has 0 amide bonds. The predicted molar refractivity (Wildman–Crippen MR) is 86.5 cm³/mol. The molecule has 0 radical (unpaired) electrons. The summed E-state index contributed by atoms with van der Waals surface area (Å²) in [4.78, 5) is 10.7. The Hall–Kier alpha value is -2.60. The number of hydrogen-bond acceptors (Lipinski definition) is 5. The quantitative estimate of drug-likeness (QED) is 0.739. The molecule has 122 valence electrons. The maximum absolute atomic E-state index is 14.1. The molecule has 0 saturated carbocycles. The van der Waals surface area contributed by atoms with Crippen LogP contribution in [-0.4, -0.2) is 26.6 Å². The first-order valence-corrected chi connectivity index (χ1v) is 7.96. The summed E-state index contributed by atoms with van der Waals surface area (Å²) in [5.74, 6) is 0.910. The Labute approximate surface area is 139 Å². The van der Waals surface area contributed by atoms with E-state index in [1.807, 2.05) is 25.1 Å². The summed E-state index contributed by atoms with van der Waals surface area (Å²) in [6.07, 6.45) is 4.22. The molecule has 1 aliphatic rings. The van der Waals surface area contributed by atoms with Crippen molar-refractivity contribution in [1.82, 2.24) is 20.0 Å². The Morgan fingerprint density at radius 1 is 1.25 bits per heavy atom. The van der Waals surface area contributed by atoms with E-state index < -0.39 is 0 Å². The molecule has 4 rings (SSSR count). The number of aromatic nitrogens is 3. The molecular weight excluding hydrogens is 307 g/mol. The van der Waals surface area contributed by atoms with Gasteiger partial charge in [-0.25, -0.2) is 4.39 Å². The normalized spacial score (nSPS) is 15.9. The lowest BCUT2D eigenvalue weighted by Gasteiger charge is -2.32. The smallest absolute Gasteiger partial charge is 0.244 e. The maximum Gasteiger partial charge on any atom is 0.244 e. The van der Waals surface area contributed by atoms with Crippen LogP contribution in [0.15, 0.2) is 47.2 Å². The van der Waals surface area contributed by atoms with Crippen LogP contribution in [0.25, 0.3) is 11.4 Å². The lowest BCUT2D eigenvalue weighted by molar-refractivity contribution is 0.155. The molecule has 0 N–H and O–H groups in total. The number of pyridine rings is 1. The molecule has 1 unspecified atom stereocenters. The van der Waals surface area contributed by atoms with Crippen molar-refractivity contribution in [3.63, 3.8) is 0 Å². The van der Waals surface area contributed by atoms with Crippen molar-refractivity contribution in [3.05, 3.63) is 65.6 Å². The van der Waals surface area contributed by atoms with E-state index in [9.17, 15) is 4.39 Å². The summed E-state index contributed by atoms with van der Waals surface area (Å²) in [5, 5.41) is 4.04. The number of nitrogens with zero attached hydrogens (tertiary/aromatic N) is 4. The summed E-state index contributed by atoms with van der Waals surface area (Å²) in [6, 6.07) is 8.92. The van der Waals surface area contributed by atoms with Crippen molar-refractivity contribution in [2.45, 2.75) is 25.9 Å². The Kier molecular flexibility index (Phi) is 3.82. The summed E-state index contributed by atoms with van der Waals surface area (Å²) in [5.41, 5.74) is 2.66. The SMILES string of the molecule is CC(c1nc(-c2cccnc2)no1)N1CCc2cccc(F)c2C1. The van der Waals surface area contributed by atoms with Crippen LogP contribution >= 0.6 is 0 Å². The highest BCUT2D eigenvalue weighted by Gasteiger charge is 2.27. The number of hydrogen-bond donors (Lipinski definition) is 0. The Morgan fingerprint density at radius 3 is 3.00 bits per heavy atom. The molecule has 0 saturated heterocycles. The van der Waals surface area contributed by atoms with E-state index in [0.29, 0.717) is 18.3 Å². The summed E-state index contributed by atoms with van der Waals surface area (Å²) < 4.78 is 19.5. The van der Waals surface area contributed by atoms with Crippen molar-refractivity contribution >= 4 is 0 Å². The van der Waals surface area contributed by atoms with E-state index in [1.54, 1.807) is 18.5 Å². The lowest BCUT2D eigenvalue weighted by Crippen LogP contribution is -2.33. The fraction of sp³-hybridized carbons (Fsp3) is 0.278. The molecule has 1 aliphatic heterocycles. The van der Waals surface area contributed by atoms with Crippen LogP contribution < -0.4 is 0 Å². The molecular formula is C18H17FN4O. The van der Waals surface area contributed by atoms with Crippen LogP contribution in [0.2, 0.25) is 0 Å². The van der Waals surface area contributed by atoms with Gasteiger partial charge in [0.05, 0.1) is 6.04 Å². The molecule has 1 atom stereocenters. The predicted octanol–water partition coefficient (Wildman–Crippen LogP) is 3.39. The average molecular weight is 324 g/mol. The number of rotatable bonds is 3. The molecule has 6 heteroatoms. The van der Waals surface area contributed by atoms with E-state index in [4.69, 9.17) is 4.52 Å². The van der Waals surface area contributed by atoms with Gasteiger partial charge in [0.15, 0.2) is 0 Å². The van der Waals surface area contributed by atoms with Crippen LogP contribution in [0.4, 0.5) is 4.39 Å². The zero-order valence-electron chi connectivity index (χ0n) is 13.3. The fourth-order valence-corrected chi connectivity index (χ4v) is 3.06. The van der Waals surface area contributed by atoms with Gasteiger partial charge in [0, 0.05) is 36.6 Å². The Morgan fingerprint density at radius 2 is 2.17 bits per heavy atom. The minimum absolute atomic E-state index is 0.0734. The molecule has 3 aromatic rings. The highest BCUT2D eigenvalue weighted by Crippen LogP contribution is 2.29. The van der Waals surface area contributed by atoms with Gasteiger partial charge in [0.2, 0.25) is 11.7 Å². The van der Waals surface area contributed by atoms with Gasteiger partial charge >= 0.3 is 0 Å². The molecule has 1 aromatic carbocycles. The molecule has 2 aromatic heterocycles. The van der Waals surface area contributed by atoms with Gasteiger partial charge in [0.1, 0.15) is 5.82 Å². The molecule has 3 heterocycles. The van der Waals surface area contributed by atoms with Crippen LogP contribution in [0.1, 0.15) is 30.0 Å². The topological polar surface area (TPSA) is 55.1 Å². The van der Waals surface area contributed by atoms with E-state index >= 15 is 0 Å². The van der Waals surface area contributed by atoms with Crippen molar-refractivity contribution in [2.24, 2.45) is 0 Å². The van der Waals surface area contributed by atoms with Crippen LogP contribution in [-0.2, 0) is 13.0 Å². The first-order chi connectivity index (χ1) is 11.7. The second kappa shape index (κ2) is 6.13. The molecule has 5 nitrogen and oxygen atoms in total. The van der Waals surface area contributed by atoms with Gasteiger partial charge < -0.3 is 4.52 Å². The van der Waals surface area contributed by atoms with Gasteiger partial charge in [-0.3, -0.25) is 9.88 Å². The van der Waals surface area contributed by atoms with Gasteiger partial charge in [-0.1, -0.05) is 17.3 Å². The third-order valence-corrected chi connectivity index (χ3v) is 4.51. The minimum atomic E-state index is -0.147. The van der Waals surface area contributed by atoms with Gasteiger partial charge in [-0.15, -0.1) is 0 Å². The van der Waals surface area contributed by atoms with E-state index in [1.165, 1.54) is 6.07 Å². The van der Waals surface area contributed by atoms with Gasteiger partial charge in [0.25, 0.3) is 0 Å². The lowest BCUT2D eigenvalue weighted by atomic mass is 9.98. The van der Waals surface area contributed by atoms with Crippen molar-refractivity contribution in [2.75, 3.05) is 6.54 Å². The molecule has 24 heavy (non-hydrogen) atoms. The second-order valence-electron chi connectivity index (χ2n) is 5.97. The van der Waals surface area contributed by atoms with Crippen LogP contribution in [0.5, 0.6) is 0 Å². The summed E-state index contributed by atoms with van der Waals surface area (Å²) >= 11 is 0. The maximum atomic E-state index is 14.1. The van der Waals surface area contributed by atoms with Crippen molar-refractivity contribution in [1.29, 1.82) is 0 Å². The van der Waals surface area contributed by atoms with Gasteiger partial charge in [-0.05, 0) is 37.1 Å². The fourth-order valence-electron chi connectivity index (χ4n) is 3.06. The summed E-state index contributed by atoms with van der Waals surface area (Å²) in [6.45, 7) is 3.39. The third kappa shape index (κ3) is 2.69. The zero-order valence-corrected chi connectivity index (χ0v) is 13.3. The highest BCUT2D eigenvalue weighted by molar-refractivity contribution is 5.51. The van der Waals surface area contributed by atoms with Crippen LogP contribution in [0, 0.1) is 5.82 Å². The average Bonchev–Trinajstić information content (AvgIpc) is 3.12. The number of fused-ring (bicyclic) bond motifs is 1. The Balaban J connectivity index is 1.56. The van der Waals surface area contributed by atoms with E-state index in [-0.39, 0.29) is 11.9 Å². The van der Waals surface area contributed by atoms with E-state index in [0.717, 1.165) is 29.7 Å². The molecule has 0 bridgehead atoms. The standard InChI is InChI=1S/C18H17FN4O/c1-12(18-21-17(22-24-18)14-5-3-8-20-10-14)23-9-7-13-4-2-6-16(19)15(13)11-23/h2-6,8,10,12H,7,9,11H2,1H3. The minimum Gasteiger partial charge on any atom is -0.337 e.